The summed E-state index contributed by atoms with van der Waals surface area (Å²) >= 11 is 0. The molecular weight excluding hydrogens is 342 g/mol. The summed E-state index contributed by atoms with van der Waals surface area (Å²) in [6.07, 6.45) is 2.70. The van der Waals surface area contributed by atoms with Crippen LogP contribution in [0.5, 0.6) is 0 Å². The van der Waals surface area contributed by atoms with Crippen molar-refractivity contribution in [3.8, 4) is 0 Å². The summed E-state index contributed by atoms with van der Waals surface area (Å²) in [5, 5.41) is 9.07. The molecule has 0 aliphatic carbocycles. The quantitative estimate of drug-likeness (QED) is 0.871. The highest BCUT2D eigenvalue weighted by Gasteiger charge is 2.38. The highest BCUT2D eigenvalue weighted by Crippen LogP contribution is 2.44. The van der Waals surface area contributed by atoms with Crippen LogP contribution in [0.1, 0.15) is 61.7 Å². The Balaban J connectivity index is 2.11. The largest absolute Gasteiger partial charge is 0.478 e. The van der Waals surface area contributed by atoms with Crippen LogP contribution in [0.3, 0.4) is 0 Å². The van der Waals surface area contributed by atoms with Crippen LogP contribution in [-0.4, -0.2) is 34.2 Å². The molecular formula is C21H27N3O3. The Morgan fingerprint density at radius 3 is 2.37 bits per heavy atom. The first-order valence-electron chi connectivity index (χ1n) is 9.19. The van der Waals surface area contributed by atoms with Gasteiger partial charge in [0.05, 0.1) is 17.8 Å². The fraction of sp³-hybridized carbons (Fsp3) is 0.476. The molecule has 0 atom stereocenters. The van der Waals surface area contributed by atoms with E-state index in [1.165, 1.54) is 23.5 Å². The second kappa shape index (κ2) is 6.60. The van der Waals surface area contributed by atoms with Gasteiger partial charge in [0.1, 0.15) is 0 Å². The Labute approximate surface area is 160 Å². The lowest BCUT2D eigenvalue weighted by atomic mass is 9.75. The third-order valence-corrected chi connectivity index (χ3v) is 5.24. The predicted molar refractivity (Wildman–Crippen MR) is 105 cm³/mol. The van der Waals surface area contributed by atoms with Crippen molar-refractivity contribution in [1.82, 2.24) is 9.97 Å². The van der Waals surface area contributed by atoms with E-state index in [0.717, 1.165) is 11.3 Å². The molecule has 1 aliphatic rings. The molecule has 2 aromatic rings. The standard InChI is InChI=1S/C21H27N3O3/c1-7-24(19-22-10-14(11-23-19)18(25)26)17-9-15-16(8-13(17)2)21(5,6)27-12-20(15,3)4/h8-11H,7,12H2,1-6H3,(H,25,26). The Hall–Kier alpha value is -2.47. The average Bonchev–Trinajstić information content (AvgIpc) is 2.61. The fourth-order valence-electron chi connectivity index (χ4n) is 3.55. The van der Waals surface area contributed by atoms with Crippen LogP contribution in [0, 0.1) is 6.92 Å². The zero-order chi connectivity index (χ0) is 20.0. The van der Waals surface area contributed by atoms with Crippen molar-refractivity contribution in [2.45, 2.75) is 52.6 Å². The van der Waals surface area contributed by atoms with Gasteiger partial charge in [-0.05, 0) is 50.5 Å². The van der Waals surface area contributed by atoms with E-state index in [1.807, 2.05) is 11.8 Å². The van der Waals surface area contributed by atoms with Crippen molar-refractivity contribution >= 4 is 17.6 Å². The molecule has 1 aromatic heterocycles. The van der Waals surface area contributed by atoms with Crippen LogP contribution >= 0.6 is 0 Å². The van der Waals surface area contributed by atoms with Crippen LogP contribution < -0.4 is 4.90 Å². The number of hydrogen-bond acceptors (Lipinski definition) is 5. The van der Waals surface area contributed by atoms with Crippen molar-refractivity contribution in [3.05, 3.63) is 46.8 Å². The lowest BCUT2D eigenvalue weighted by molar-refractivity contribution is -0.0587. The first kappa shape index (κ1) is 19.3. The summed E-state index contributed by atoms with van der Waals surface area (Å²) < 4.78 is 6.12. The third-order valence-electron chi connectivity index (χ3n) is 5.24. The Morgan fingerprint density at radius 1 is 1.19 bits per heavy atom. The molecule has 6 heteroatoms. The second-order valence-corrected chi connectivity index (χ2v) is 8.19. The number of hydrogen-bond donors (Lipinski definition) is 1. The number of carboxylic acid groups (broad SMARTS) is 1. The molecule has 1 aliphatic heterocycles. The van der Waals surface area contributed by atoms with E-state index in [9.17, 15) is 4.79 Å². The molecule has 0 saturated heterocycles. The van der Waals surface area contributed by atoms with Crippen LogP contribution in [0.2, 0.25) is 0 Å². The van der Waals surface area contributed by atoms with Crippen molar-refractivity contribution in [3.63, 3.8) is 0 Å². The Kier molecular flexibility index (Phi) is 4.72. The van der Waals surface area contributed by atoms with Crippen molar-refractivity contribution < 1.29 is 14.6 Å². The maximum atomic E-state index is 11.1. The van der Waals surface area contributed by atoms with Gasteiger partial charge in [0, 0.05) is 30.0 Å². The number of aryl methyl sites for hydroxylation is 1. The van der Waals surface area contributed by atoms with Gasteiger partial charge >= 0.3 is 5.97 Å². The molecule has 0 saturated carbocycles. The zero-order valence-corrected chi connectivity index (χ0v) is 16.8. The molecule has 0 spiro atoms. The zero-order valence-electron chi connectivity index (χ0n) is 16.8. The van der Waals surface area contributed by atoms with Gasteiger partial charge in [-0.1, -0.05) is 19.9 Å². The van der Waals surface area contributed by atoms with E-state index in [0.29, 0.717) is 19.1 Å². The summed E-state index contributed by atoms with van der Waals surface area (Å²) in [6, 6.07) is 4.41. The van der Waals surface area contributed by atoms with Crippen LogP contribution in [0.4, 0.5) is 11.6 Å². The van der Waals surface area contributed by atoms with Gasteiger partial charge in [0.15, 0.2) is 0 Å². The van der Waals surface area contributed by atoms with E-state index in [4.69, 9.17) is 9.84 Å². The summed E-state index contributed by atoms with van der Waals surface area (Å²) in [5.41, 5.74) is 4.27. The predicted octanol–water partition coefficient (Wildman–Crippen LogP) is 4.18. The van der Waals surface area contributed by atoms with E-state index >= 15 is 0 Å². The van der Waals surface area contributed by atoms with Crippen LogP contribution in [-0.2, 0) is 15.8 Å². The number of ether oxygens (including phenoxy) is 1. The maximum Gasteiger partial charge on any atom is 0.338 e. The van der Waals surface area contributed by atoms with Gasteiger partial charge in [-0.3, -0.25) is 0 Å². The van der Waals surface area contributed by atoms with Gasteiger partial charge in [0.2, 0.25) is 5.95 Å². The number of anilines is 2. The first-order valence-corrected chi connectivity index (χ1v) is 9.19. The molecule has 144 valence electrons. The number of aromatic carboxylic acids is 1. The van der Waals surface area contributed by atoms with Gasteiger partial charge in [-0.25, -0.2) is 14.8 Å². The molecule has 0 amide bonds. The van der Waals surface area contributed by atoms with E-state index < -0.39 is 5.97 Å². The maximum absolute atomic E-state index is 11.1. The van der Waals surface area contributed by atoms with E-state index in [-0.39, 0.29) is 16.6 Å². The summed E-state index contributed by atoms with van der Waals surface area (Å²) in [5.74, 6) is -0.534. The van der Waals surface area contributed by atoms with Gasteiger partial charge in [-0.15, -0.1) is 0 Å². The van der Waals surface area contributed by atoms with Crippen molar-refractivity contribution in [2.24, 2.45) is 0 Å². The second-order valence-electron chi connectivity index (χ2n) is 8.19. The average molecular weight is 369 g/mol. The molecule has 1 N–H and O–H groups in total. The molecule has 3 rings (SSSR count). The lowest BCUT2D eigenvalue weighted by Gasteiger charge is -2.42. The number of carbonyl (C=O) groups is 1. The van der Waals surface area contributed by atoms with Crippen LogP contribution in [0.25, 0.3) is 0 Å². The minimum atomic E-state index is -1.03. The molecule has 2 heterocycles. The molecule has 0 unspecified atom stereocenters. The monoisotopic (exact) mass is 369 g/mol. The number of carboxylic acids is 1. The summed E-state index contributed by atoms with van der Waals surface area (Å²) in [6.45, 7) is 14.0. The van der Waals surface area contributed by atoms with Crippen molar-refractivity contribution in [2.75, 3.05) is 18.1 Å². The minimum absolute atomic E-state index is 0.0806. The molecule has 6 nitrogen and oxygen atoms in total. The highest BCUT2D eigenvalue weighted by atomic mass is 16.5. The topological polar surface area (TPSA) is 75.6 Å². The van der Waals surface area contributed by atoms with Gasteiger partial charge in [0.25, 0.3) is 0 Å². The van der Waals surface area contributed by atoms with Gasteiger partial charge < -0.3 is 14.7 Å². The molecule has 0 radical (unpaired) electrons. The summed E-state index contributed by atoms with van der Waals surface area (Å²) in [4.78, 5) is 21.6. The number of fused-ring (bicyclic) bond motifs is 1. The molecule has 0 fully saturated rings. The number of rotatable bonds is 4. The van der Waals surface area contributed by atoms with Gasteiger partial charge in [-0.2, -0.15) is 0 Å². The Morgan fingerprint density at radius 2 is 1.81 bits per heavy atom. The van der Waals surface area contributed by atoms with Crippen LogP contribution in [0.15, 0.2) is 24.5 Å². The fourth-order valence-corrected chi connectivity index (χ4v) is 3.55. The minimum Gasteiger partial charge on any atom is -0.478 e. The lowest BCUT2D eigenvalue weighted by Crippen LogP contribution is -2.40. The van der Waals surface area contributed by atoms with E-state index in [2.05, 4.69) is 56.7 Å². The number of nitrogens with zero attached hydrogens (tertiary/aromatic N) is 3. The summed E-state index contributed by atoms with van der Waals surface area (Å²) in [7, 11) is 0. The molecule has 0 bridgehead atoms. The SMILES string of the molecule is CCN(c1ncc(C(=O)O)cn1)c1cc2c(cc1C)C(C)(C)OCC2(C)C. The molecule has 1 aromatic carbocycles. The number of benzene rings is 1. The van der Waals surface area contributed by atoms with Crippen molar-refractivity contribution in [1.29, 1.82) is 0 Å². The highest BCUT2D eigenvalue weighted by molar-refractivity contribution is 5.86. The smallest absolute Gasteiger partial charge is 0.338 e. The number of aromatic nitrogens is 2. The first-order chi connectivity index (χ1) is 12.6. The Bertz CT molecular complexity index is 873. The molecule has 27 heavy (non-hydrogen) atoms. The van der Waals surface area contributed by atoms with E-state index in [1.54, 1.807) is 0 Å². The normalized spacial score (nSPS) is 17.3. The third kappa shape index (κ3) is 3.41.